The zero-order valence-electron chi connectivity index (χ0n) is 17.5. The van der Waals surface area contributed by atoms with Gasteiger partial charge in [0.15, 0.2) is 5.65 Å². The van der Waals surface area contributed by atoms with Gasteiger partial charge in [-0.05, 0) is 58.1 Å². The molecule has 156 valence electrons. The number of hydrogen-bond donors (Lipinski definition) is 2. The summed E-state index contributed by atoms with van der Waals surface area (Å²) < 4.78 is 1.75. The third kappa shape index (κ3) is 3.99. The van der Waals surface area contributed by atoms with Crippen LogP contribution >= 0.6 is 0 Å². The van der Waals surface area contributed by atoms with Crippen LogP contribution in [-0.2, 0) is 11.8 Å². The van der Waals surface area contributed by atoms with E-state index >= 15 is 0 Å². The summed E-state index contributed by atoms with van der Waals surface area (Å²) in [6, 6.07) is 1.87. The van der Waals surface area contributed by atoms with Gasteiger partial charge in [0.2, 0.25) is 5.91 Å². The fraction of sp³-hybridized carbons (Fsp3) is 0.619. The van der Waals surface area contributed by atoms with Gasteiger partial charge in [-0.1, -0.05) is 0 Å². The largest absolute Gasteiger partial charge is 0.354 e. The highest BCUT2D eigenvalue weighted by molar-refractivity contribution is 5.98. The van der Waals surface area contributed by atoms with Gasteiger partial charge in [0.25, 0.3) is 5.91 Å². The summed E-state index contributed by atoms with van der Waals surface area (Å²) in [6.07, 6.45) is 3.94. The van der Waals surface area contributed by atoms with E-state index in [0.717, 1.165) is 61.2 Å². The molecule has 4 heterocycles. The van der Waals surface area contributed by atoms with Crippen molar-refractivity contribution >= 4 is 22.8 Å². The molecular weight excluding hydrogens is 368 g/mol. The predicted molar refractivity (Wildman–Crippen MR) is 111 cm³/mol. The van der Waals surface area contributed by atoms with Crippen LogP contribution in [0.5, 0.6) is 0 Å². The molecule has 0 aromatic carbocycles. The molecule has 4 rings (SSSR count). The van der Waals surface area contributed by atoms with E-state index in [9.17, 15) is 9.59 Å². The number of fused-ring (bicyclic) bond motifs is 1. The molecule has 0 spiro atoms. The first kappa shape index (κ1) is 19.8. The molecule has 8 heteroatoms. The Kier molecular flexibility index (Phi) is 5.54. The lowest BCUT2D eigenvalue weighted by Crippen LogP contribution is -2.46. The molecule has 2 aromatic heterocycles. The van der Waals surface area contributed by atoms with Gasteiger partial charge < -0.3 is 15.5 Å². The number of carbonyl (C=O) groups excluding carboxylic acids is 2. The molecule has 0 aliphatic carbocycles. The summed E-state index contributed by atoms with van der Waals surface area (Å²) in [5, 5.41) is 11.6. The van der Waals surface area contributed by atoms with Gasteiger partial charge in [0.1, 0.15) is 0 Å². The molecule has 2 saturated heterocycles. The second-order valence-electron chi connectivity index (χ2n) is 8.36. The minimum absolute atomic E-state index is 0.0219. The van der Waals surface area contributed by atoms with Crippen molar-refractivity contribution in [3.05, 3.63) is 23.0 Å². The summed E-state index contributed by atoms with van der Waals surface area (Å²) in [5.74, 6) is 0.396. The topological polar surface area (TPSA) is 92.2 Å². The van der Waals surface area contributed by atoms with Crippen LogP contribution in [0.15, 0.2) is 6.07 Å². The molecule has 2 unspecified atom stereocenters. The molecule has 2 fully saturated rings. The first-order valence-electron chi connectivity index (χ1n) is 10.6. The summed E-state index contributed by atoms with van der Waals surface area (Å²) in [4.78, 5) is 32.0. The Balaban J connectivity index is 1.43. The molecule has 2 aliphatic heterocycles. The highest BCUT2D eigenvalue weighted by Crippen LogP contribution is 2.23. The number of piperidine rings is 1. The van der Waals surface area contributed by atoms with Crippen molar-refractivity contribution in [3.63, 3.8) is 0 Å². The number of aromatic nitrogens is 3. The first-order valence-corrected chi connectivity index (χ1v) is 10.6. The number of hydrogen-bond acceptors (Lipinski definition) is 5. The lowest BCUT2D eigenvalue weighted by atomic mass is 9.96. The zero-order valence-corrected chi connectivity index (χ0v) is 17.5. The van der Waals surface area contributed by atoms with Gasteiger partial charge in [0.05, 0.1) is 23.0 Å². The van der Waals surface area contributed by atoms with Gasteiger partial charge in [-0.3, -0.25) is 14.3 Å². The Bertz CT molecular complexity index is 931. The van der Waals surface area contributed by atoms with E-state index in [4.69, 9.17) is 0 Å². The first-order chi connectivity index (χ1) is 13.9. The molecule has 2 aromatic rings. The van der Waals surface area contributed by atoms with Crippen molar-refractivity contribution in [2.24, 2.45) is 13.0 Å². The Hall–Kier alpha value is -2.48. The fourth-order valence-corrected chi connectivity index (χ4v) is 4.51. The van der Waals surface area contributed by atoms with E-state index in [2.05, 4.69) is 20.7 Å². The summed E-state index contributed by atoms with van der Waals surface area (Å²) in [7, 11) is 1.87. The highest BCUT2D eigenvalue weighted by Gasteiger charge is 2.28. The smallest absolute Gasteiger partial charge is 0.255 e. The van der Waals surface area contributed by atoms with E-state index in [0.29, 0.717) is 18.7 Å². The van der Waals surface area contributed by atoms with E-state index in [1.54, 1.807) is 4.68 Å². The van der Waals surface area contributed by atoms with Crippen LogP contribution in [0.4, 0.5) is 0 Å². The monoisotopic (exact) mass is 398 g/mol. The zero-order chi connectivity index (χ0) is 20.5. The van der Waals surface area contributed by atoms with Gasteiger partial charge >= 0.3 is 0 Å². The molecule has 29 heavy (non-hydrogen) atoms. The Morgan fingerprint density at radius 1 is 1.24 bits per heavy atom. The lowest BCUT2D eigenvalue weighted by molar-refractivity contribution is -0.123. The lowest BCUT2D eigenvalue weighted by Gasteiger charge is -2.33. The molecule has 2 atom stereocenters. The second-order valence-corrected chi connectivity index (χ2v) is 8.36. The maximum Gasteiger partial charge on any atom is 0.255 e. The van der Waals surface area contributed by atoms with Crippen molar-refractivity contribution in [2.45, 2.75) is 45.6 Å². The number of carbonyl (C=O) groups is 2. The van der Waals surface area contributed by atoms with Crippen LogP contribution in [0.3, 0.4) is 0 Å². The standard InChI is InChI=1S/C21H30N6O2/c1-13-17(10-16-14(2)25-26(3)19(16)24-13)21(29)27-9-5-6-15(12-27)11-23-20(28)18-7-4-8-22-18/h10,15,18,22H,4-9,11-12H2,1-3H3,(H,23,28). The highest BCUT2D eigenvalue weighted by atomic mass is 16.2. The van der Waals surface area contributed by atoms with Crippen molar-refractivity contribution in [3.8, 4) is 0 Å². The van der Waals surface area contributed by atoms with Crippen LogP contribution in [0.1, 0.15) is 47.4 Å². The summed E-state index contributed by atoms with van der Waals surface area (Å²) in [6.45, 7) is 6.77. The molecule has 0 radical (unpaired) electrons. The molecule has 0 bridgehead atoms. The number of likely N-dealkylation sites (tertiary alicyclic amines) is 1. The SMILES string of the molecule is Cc1nc2c(cc1C(=O)N1CCCC(CNC(=O)C3CCCN3)C1)c(C)nn2C. The van der Waals surface area contributed by atoms with E-state index < -0.39 is 0 Å². The molecule has 2 amide bonds. The quantitative estimate of drug-likeness (QED) is 0.810. The maximum atomic E-state index is 13.2. The Labute approximate surface area is 171 Å². The summed E-state index contributed by atoms with van der Waals surface area (Å²) in [5.41, 5.74) is 3.06. The van der Waals surface area contributed by atoms with Crippen LogP contribution in [0, 0.1) is 19.8 Å². The minimum atomic E-state index is -0.0560. The van der Waals surface area contributed by atoms with Crippen molar-refractivity contribution in [1.29, 1.82) is 0 Å². The van der Waals surface area contributed by atoms with E-state index in [-0.39, 0.29) is 23.8 Å². The van der Waals surface area contributed by atoms with Gasteiger partial charge in [-0.15, -0.1) is 0 Å². The number of aryl methyl sites for hydroxylation is 3. The van der Waals surface area contributed by atoms with E-state index in [1.165, 1.54) is 0 Å². The Morgan fingerprint density at radius 2 is 2.07 bits per heavy atom. The van der Waals surface area contributed by atoms with Crippen LogP contribution in [0.25, 0.3) is 11.0 Å². The van der Waals surface area contributed by atoms with Gasteiger partial charge in [-0.2, -0.15) is 5.10 Å². The maximum absolute atomic E-state index is 13.2. The van der Waals surface area contributed by atoms with E-state index in [1.807, 2.05) is 31.9 Å². The van der Waals surface area contributed by atoms with Crippen LogP contribution in [0.2, 0.25) is 0 Å². The third-order valence-corrected chi connectivity index (χ3v) is 6.17. The van der Waals surface area contributed by atoms with Crippen molar-refractivity contribution in [1.82, 2.24) is 30.3 Å². The predicted octanol–water partition coefficient (Wildman–Crippen LogP) is 1.31. The van der Waals surface area contributed by atoms with Gasteiger partial charge in [-0.25, -0.2) is 4.98 Å². The molecule has 0 saturated carbocycles. The second kappa shape index (κ2) is 8.10. The number of pyridine rings is 1. The molecule has 2 aliphatic rings. The molecule has 8 nitrogen and oxygen atoms in total. The minimum Gasteiger partial charge on any atom is -0.354 e. The van der Waals surface area contributed by atoms with Crippen LogP contribution in [-0.4, -0.2) is 63.7 Å². The van der Waals surface area contributed by atoms with Gasteiger partial charge in [0, 0.05) is 32.1 Å². The van der Waals surface area contributed by atoms with Crippen molar-refractivity contribution < 1.29 is 9.59 Å². The normalized spacial score (nSPS) is 22.2. The summed E-state index contributed by atoms with van der Waals surface area (Å²) >= 11 is 0. The number of amides is 2. The molecule has 2 N–H and O–H groups in total. The third-order valence-electron chi connectivity index (χ3n) is 6.17. The Morgan fingerprint density at radius 3 is 2.83 bits per heavy atom. The molecular formula is C21H30N6O2. The van der Waals surface area contributed by atoms with Crippen molar-refractivity contribution in [2.75, 3.05) is 26.2 Å². The van der Waals surface area contributed by atoms with Crippen LogP contribution < -0.4 is 10.6 Å². The average molecular weight is 399 g/mol. The average Bonchev–Trinajstić information content (AvgIpc) is 3.34. The number of nitrogens with zero attached hydrogens (tertiary/aromatic N) is 4. The fourth-order valence-electron chi connectivity index (χ4n) is 4.51. The number of nitrogens with one attached hydrogen (secondary N) is 2. The number of rotatable bonds is 4.